The zero-order chi connectivity index (χ0) is 17.2. The molecule has 0 saturated heterocycles. The molecule has 0 fully saturated rings. The minimum atomic E-state index is -0.500. The van der Waals surface area contributed by atoms with Crippen LogP contribution in [0.2, 0.25) is 0 Å². The lowest BCUT2D eigenvalue weighted by molar-refractivity contribution is -0.128. The Morgan fingerprint density at radius 1 is 1.13 bits per heavy atom. The van der Waals surface area contributed by atoms with Gasteiger partial charge in [0.2, 0.25) is 5.91 Å². The minimum absolute atomic E-state index is 0.107. The van der Waals surface area contributed by atoms with Crippen LogP contribution in [0.25, 0.3) is 10.9 Å². The van der Waals surface area contributed by atoms with Gasteiger partial charge >= 0.3 is 0 Å². The number of rotatable bonds is 4. The summed E-state index contributed by atoms with van der Waals surface area (Å²) < 4.78 is 10.5. The average molecular weight is 318 g/mol. The van der Waals surface area contributed by atoms with Crippen molar-refractivity contribution in [3.8, 4) is 11.5 Å². The Hall–Kier alpha value is -2.50. The SMILES string of the molecule is COc1cc2cc(CNC(=O)C(C)(C)C)c(=O)[nH]c2cc1OC. The number of carbonyl (C=O) groups excluding carboxylic acids is 1. The highest BCUT2D eigenvalue weighted by Crippen LogP contribution is 2.31. The van der Waals surface area contributed by atoms with E-state index in [2.05, 4.69) is 10.3 Å². The Kier molecular flexibility index (Phi) is 4.63. The van der Waals surface area contributed by atoms with Gasteiger partial charge in [0.1, 0.15) is 0 Å². The van der Waals surface area contributed by atoms with Gasteiger partial charge in [-0.15, -0.1) is 0 Å². The molecule has 0 radical (unpaired) electrons. The fraction of sp³-hybridized carbons (Fsp3) is 0.412. The first-order valence-electron chi connectivity index (χ1n) is 7.32. The number of aromatic amines is 1. The highest BCUT2D eigenvalue weighted by Gasteiger charge is 2.21. The average Bonchev–Trinajstić information content (AvgIpc) is 2.50. The van der Waals surface area contributed by atoms with E-state index in [1.807, 2.05) is 20.8 Å². The summed E-state index contributed by atoms with van der Waals surface area (Å²) in [5.41, 5.74) is 0.403. The predicted molar refractivity (Wildman–Crippen MR) is 89.0 cm³/mol. The van der Waals surface area contributed by atoms with Crippen molar-refractivity contribution in [3.05, 3.63) is 34.1 Å². The van der Waals surface area contributed by atoms with E-state index in [0.29, 0.717) is 22.6 Å². The number of H-pyrrole nitrogens is 1. The van der Waals surface area contributed by atoms with Gasteiger partial charge in [0, 0.05) is 29.0 Å². The second-order valence-electron chi connectivity index (χ2n) is 6.35. The normalized spacial score (nSPS) is 11.3. The van der Waals surface area contributed by atoms with Gasteiger partial charge < -0.3 is 19.8 Å². The van der Waals surface area contributed by atoms with Gasteiger partial charge in [0.05, 0.1) is 19.7 Å². The summed E-state index contributed by atoms with van der Waals surface area (Å²) in [5, 5.41) is 3.59. The molecule has 0 saturated carbocycles. The maximum Gasteiger partial charge on any atom is 0.253 e. The molecule has 1 heterocycles. The van der Waals surface area contributed by atoms with E-state index in [4.69, 9.17) is 9.47 Å². The maximum absolute atomic E-state index is 12.2. The first-order chi connectivity index (χ1) is 10.8. The van der Waals surface area contributed by atoms with Crippen LogP contribution in [0.3, 0.4) is 0 Å². The van der Waals surface area contributed by atoms with Crippen molar-refractivity contribution in [2.45, 2.75) is 27.3 Å². The van der Waals surface area contributed by atoms with Gasteiger partial charge in [-0.1, -0.05) is 20.8 Å². The van der Waals surface area contributed by atoms with Crippen molar-refractivity contribution in [2.75, 3.05) is 14.2 Å². The van der Waals surface area contributed by atoms with Crippen LogP contribution in [-0.2, 0) is 11.3 Å². The van der Waals surface area contributed by atoms with Crippen LogP contribution in [0.1, 0.15) is 26.3 Å². The van der Waals surface area contributed by atoms with E-state index in [9.17, 15) is 9.59 Å². The molecule has 23 heavy (non-hydrogen) atoms. The number of carbonyl (C=O) groups is 1. The number of pyridine rings is 1. The fourth-order valence-electron chi connectivity index (χ4n) is 2.15. The van der Waals surface area contributed by atoms with E-state index >= 15 is 0 Å². The Labute approximate surface area is 134 Å². The molecule has 1 aromatic heterocycles. The summed E-state index contributed by atoms with van der Waals surface area (Å²) in [6.07, 6.45) is 0. The highest BCUT2D eigenvalue weighted by atomic mass is 16.5. The van der Waals surface area contributed by atoms with Crippen LogP contribution in [0.4, 0.5) is 0 Å². The molecule has 6 heteroatoms. The number of ether oxygens (including phenoxy) is 2. The van der Waals surface area contributed by atoms with Gasteiger partial charge in [0.15, 0.2) is 11.5 Å². The highest BCUT2D eigenvalue weighted by molar-refractivity contribution is 5.84. The van der Waals surface area contributed by atoms with Gasteiger partial charge in [-0.25, -0.2) is 0 Å². The molecule has 0 aliphatic heterocycles. The molecule has 0 aliphatic carbocycles. The number of fused-ring (bicyclic) bond motifs is 1. The Bertz CT molecular complexity index is 788. The number of nitrogens with one attached hydrogen (secondary N) is 2. The Balaban J connectivity index is 2.37. The molecule has 1 amide bonds. The van der Waals surface area contributed by atoms with Crippen molar-refractivity contribution >= 4 is 16.8 Å². The van der Waals surface area contributed by atoms with Crippen LogP contribution in [0, 0.1) is 5.41 Å². The monoisotopic (exact) mass is 318 g/mol. The molecule has 0 atom stereocenters. The van der Waals surface area contributed by atoms with Gasteiger partial charge in [-0.2, -0.15) is 0 Å². The second-order valence-corrected chi connectivity index (χ2v) is 6.35. The van der Waals surface area contributed by atoms with Crippen LogP contribution in [-0.4, -0.2) is 25.1 Å². The maximum atomic E-state index is 12.2. The molecule has 124 valence electrons. The first kappa shape index (κ1) is 16.9. The summed E-state index contributed by atoms with van der Waals surface area (Å²) in [6, 6.07) is 5.26. The molecule has 0 spiro atoms. The summed E-state index contributed by atoms with van der Waals surface area (Å²) in [5.74, 6) is 1.02. The first-order valence-corrected chi connectivity index (χ1v) is 7.32. The topological polar surface area (TPSA) is 80.4 Å². The third kappa shape index (κ3) is 3.64. The van der Waals surface area contributed by atoms with Gasteiger partial charge in [-0.05, 0) is 12.1 Å². The summed E-state index contributed by atoms with van der Waals surface area (Å²) in [7, 11) is 3.10. The number of benzene rings is 1. The lowest BCUT2D eigenvalue weighted by Crippen LogP contribution is -2.35. The lowest BCUT2D eigenvalue weighted by atomic mass is 9.95. The van der Waals surface area contributed by atoms with Crippen molar-refractivity contribution in [1.82, 2.24) is 10.3 Å². The third-order valence-corrected chi connectivity index (χ3v) is 3.55. The van der Waals surface area contributed by atoms with Crippen molar-refractivity contribution in [2.24, 2.45) is 5.41 Å². The Morgan fingerprint density at radius 3 is 2.30 bits per heavy atom. The molecule has 0 bridgehead atoms. The minimum Gasteiger partial charge on any atom is -0.493 e. The van der Waals surface area contributed by atoms with Crippen LogP contribution in [0.5, 0.6) is 11.5 Å². The fourth-order valence-corrected chi connectivity index (χ4v) is 2.15. The molecule has 6 nitrogen and oxygen atoms in total. The summed E-state index contributed by atoms with van der Waals surface area (Å²) >= 11 is 0. The van der Waals surface area contributed by atoms with E-state index in [0.717, 1.165) is 5.39 Å². The third-order valence-electron chi connectivity index (χ3n) is 3.55. The second kappa shape index (κ2) is 6.32. The molecule has 0 unspecified atom stereocenters. The summed E-state index contributed by atoms with van der Waals surface area (Å²) in [4.78, 5) is 26.9. The van der Waals surface area contributed by atoms with Crippen LogP contribution in [0.15, 0.2) is 23.0 Å². The van der Waals surface area contributed by atoms with Gasteiger partial charge in [0.25, 0.3) is 5.56 Å². The van der Waals surface area contributed by atoms with E-state index in [1.165, 1.54) is 7.11 Å². The molecule has 2 aromatic rings. The smallest absolute Gasteiger partial charge is 0.253 e. The number of amides is 1. The molecule has 0 aliphatic rings. The molecule has 2 N–H and O–H groups in total. The van der Waals surface area contributed by atoms with E-state index in [1.54, 1.807) is 25.3 Å². The van der Waals surface area contributed by atoms with Crippen molar-refractivity contribution in [3.63, 3.8) is 0 Å². The molecular weight excluding hydrogens is 296 g/mol. The Morgan fingerprint density at radius 2 is 1.74 bits per heavy atom. The zero-order valence-electron chi connectivity index (χ0n) is 14.1. The van der Waals surface area contributed by atoms with Crippen LogP contribution < -0.4 is 20.3 Å². The largest absolute Gasteiger partial charge is 0.493 e. The zero-order valence-corrected chi connectivity index (χ0v) is 14.1. The summed E-state index contributed by atoms with van der Waals surface area (Å²) in [6.45, 7) is 5.65. The number of hydrogen-bond acceptors (Lipinski definition) is 4. The van der Waals surface area contributed by atoms with Crippen molar-refractivity contribution in [1.29, 1.82) is 0 Å². The lowest BCUT2D eigenvalue weighted by Gasteiger charge is -2.17. The van der Waals surface area contributed by atoms with E-state index in [-0.39, 0.29) is 18.0 Å². The quantitative estimate of drug-likeness (QED) is 0.905. The number of methoxy groups -OCH3 is 2. The predicted octanol–water partition coefficient (Wildman–Crippen LogP) is 2.21. The van der Waals surface area contributed by atoms with Crippen LogP contribution >= 0.6 is 0 Å². The molecule has 2 rings (SSSR count). The standard InChI is InChI=1S/C17H22N2O4/c1-17(2,3)16(21)18-9-11-6-10-7-13(22-4)14(23-5)8-12(10)19-15(11)20/h6-8H,9H2,1-5H3,(H,18,21)(H,19,20). The number of hydrogen-bond donors (Lipinski definition) is 2. The van der Waals surface area contributed by atoms with E-state index < -0.39 is 5.41 Å². The van der Waals surface area contributed by atoms with Crippen molar-refractivity contribution < 1.29 is 14.3 Å². The molecule has 1 aromatic carbocycles. The van der Waals surface area contributed by atoms with Gasteiger partial charge in [-0.3, -0.25) is 9.59 Å². The molecular formula is C17H22N2O4. The number of aromatic nitrogens is 1.